The fourth-order valence-electron chi connectivity index (χ4n) is 3.02. The first-order valence-corrected chi connectivity index (χ1v) is 9.83. The van der Waals surface area contributed by atoms with Crippen molar-refractivity contribution in [1.29, 1.82) is 0 Å². The van der Waals surface area contributed by atoms with E-state index >= 15 is 0 Å². The predicted molar refractivity (Wildman–Crippen MR) is 109 cm³/mol. The molecule has 160 valence electrons. The quantitative estimate of drug-likeness (QED) is 0.807. The number of hydrogen-bond acceptors (Lipinski definition) is 5. The first-order chi connectivity index (χ1) is 13.7. The third-order valence-corrected chi connectivity index (χ3v) is 4.50. The SMILES string of the molecule is COc1ccc(CC(=O)N2CCCN(C(=O)CNC(=O)OC(C)(C)C)CC2)cc1. The Hall–Kier alpha value is -2.77. The smallest absolute Gasteiger partial charge is 0.408 e. The molecule has 2 rings (SSSR count). The Kier molecular flexibility index (Phi) is 7.87. The van der Waals surface area contributed by atoms with Gasteiger partial charge >= 0.3 is 6.09 Å². The number of ether oxygens (including phenoxy) is 2. The van der Waals surface area contributed by atoms with Crippen LogP contribution in [0.3, 0.4) is 0 Å². The highest BCUT2D eigenvalue weighted by Gasteiger charge is 2.23. The predicted octanol–water partition coefficient (Wildman–Crippen LogP) is 1.82. The average molecular weight is 405 g/mol. The maximum Gasteiger partial charge on any atom is 0.408 e. The highest BCUT2D eigenvalue weighted by atomic mass is 16.6. The Morgan fingerprint density at radius 1 is 0.966 bits per heavy atom. The van der Waals surface area contributed by atoms with Gasteiger partial charge in [-0.25, -0.2) is 4.79 Å². The summed E-state index contributed by atoms with van der Waals surface area (Å²) in [6, 6.07) is 7.44. The molecule has 0 aliphatic carbocycles. The second-order valence-corrected chi connectivity index (χ2v) is 8.00. The highest BCUT2D eigenvalue weighted by molar-refractivity contribution is 5.82. The first-order valence-electron chi connectivity index (χ1n) is 9.83. The van der Waals surface area contributed by atoms with Crippen molar-refractivity contribution in [1.82, 2.24) is 15.1 Å². The molecule has 0 atom stereocenters. The van der Waals surface area contributed by atoms with Crippen LogP contribution in [0.4, 0.5) is 4.79 Å². The van der Waals surface area contributed by atoms with E-state index in [2.05, 4.69) is 5.32 Å². The largest absolute Gasteiger partial charge is 0.497 e. The van der Waals surface area contributed by atoms with Gasteiger partial charge in [0, 0.05) is 26.2 Å². The molecular weight excluding hydrogens is 374 g/mol. The molecule has 1 aliphatic heterocycles. The summed E-state index contributed by atoms with van der Waals surface area (Å²) in [5.41, 5.74) is 0.315. The van der Waals surface area contributed by atoms with E-state index in [0.29, 0.717) is 39.0 Å². The Labute approximate surface area is 172 Å². The van der Waals surface area contributed by atoms with Crippen LogP contribution in [0.2, 0.25) is 0 Å². The van der Waals surface area contributed by atoms with E-state index in [4.69, 9.17) is 9.47 Å². The fourth-order valence-corrected chi connectivity index (χ4v) is 3.02. The maximum atomic E-state index is 12.6. The van der Waals surface area contributed by atoms with Crippen LogP contribution in [0.5, 0.6) is 5.75 Å². The number of methoxy groups -OCH3 is 1. The molecule has 0 aromatic heterocycles. The third-order valence-electron chi connectivity index (χ3n) is 4.50. The lowest BCUT2D eigenvalue weighted by atomic mass is 10.1. The summed E-state index contributed by atoms with van der Waals surface area (Å²) >= 11 is 0. The molecule has 0 spiro atoms. The number of amides is 3. The van der Waals surface area contributed by atoms with E-state index in [1.54, 1.807) is 37.7 Å². The minimum Gasteiger partial charge on any atom is -0.497 e. The van der Waals surface area contributed by atoms with E-state index in [0.717, 1.165) is 11.3 Å². The van der Waals surface area contributed by atoms with Gasteiger partial charge in [-0.15, -0.1) is 0 Å². The van der Waals surface area contributed by atoms with E-state index in [1.807, 2.05) is 24.3 Å². The summed E-state index contributed by atoms with van der Waals surface area (Å²) in [5.74, 6) is 0.613. The number of carbonyl (C=O) groups is 3. The molecule has 1 N–H and O–H groups in total. The van der Waals surface area contributed by atoms with Gasteiger partial charge in [-0.3, -0.25) is 9.59 Å². The lowest BCUT2D eigenvalue weighted by Gasteiger charge is -2.23. The number of benzene rings is 1. The van der Waals surface area contributed by atoms with Gasteiger partial charge in [-0.2, -0.15) is 0 Å². The van der Waals surface area contributed by atoms with Gasteiger partial charge in [0.25, 0.3) is 0 Å². The molecule has 0 radical (unpaired) electrons. The van der Waals surface area contributed by atoms with Crippen molar-refractivity contribution in [2.45, 2.75) is 39.2 Å². The summed E-state index contributed by atoms with van der Waals surface area (Å²) in [6.07, 6.45) is 0.405. The number of hydrogen-bond donors (Lipinski definition) is 1. The molecule has 1 aliphatic rings. The minimum atomic E-state index is -0.614. The normalized spacial score (nSPS) is 14.8. The topological polar surface area (TPSA) is 88.2 Å². The van der Waals surface area contributed by atoms with Crippen LogP contribution >= 0.6 is 0 Å². The molecular formula is C21H31N3O5. The van der Waals surface area contributed by atoms with Crippen LogP contribution in [0, 0.1) is 0 Å². The lowest BCUT2D eigenvalue weighted by molar-refractivity contribution is -0.132. The van der Waals surface area contributed by atoms with Crippen LogP contribution in [0.25, 0.3) is 0 Å². The third kappa shape index (κ3) is 7.63. The Morgan fingerprint density at radius 3 is 2.10 bits per heavy atom. The second-order valence-electron chi connectivity index (χ2n) is 8.00. The number of nitrogens with zero attached hydrogens (tertiary/aromatic N) is 2. The summed E-state index contributed by atoms with van der Waals surface area (Å²) in [7, 11) is 1.60. The van der Waals surface area contributed by atoms with Gasteiger partial charge in [0.05, 0.1) is 13.5 Å². The molecule has 0 bridgehead atoms. The molecule has 3 amide bonds. The van der Waals surface area contributed by atoms with Gasteiger partial charge in [0.15, 0.2) is 0 Å². The van der Waals surface area contributed by atoms with Crippen LogP contribution in [0.15, 0.2) is 24.3 Å². The van der Waals surface area contributed by atoms with Crippen LogP contribution in [-0.4, -0.2) is 73.1 Å². The zero-order chi connectivity index (χ0) is 21.4. The van der Waals surface area contributed by atoms with Crippen molar-refractivity contribution in [3.8, 4) is 5.75 Å². The summed E-state index contributed by atoms with van der Waals surface area (Å²) in [6.45, 7) is 7.27. The van der Waals surface area contributed by atoms with Crippen molar-refractivity contribution >= 4 is 17.9 Å². The fraction of sp³-hybridized carbons (Fsp3) is 0.571. The lowest BCUT2D eigenvalue weighted by Crippen LogP contribution is -2.43. The minimum absolute atomic E-state index is 0.0383. The average Bonchev–Trinajstić information content (AvgIpc) is 2.92. The standard InChI is InChI=1S/C21H31N3O5/c1-21(2,3)29-20(27)22-15-19(26)24-11-5-10-23(12-13-24)18(25)14-16-6-8-17(28-4)9-7-16/h6-9H,5,10-15H2,1-4H3,(H,22,27). The van der Waals surface area contributed by atoms with Crippen molar-refractivity contribution in [2.75, 3.05) is 39.8 Å². The Morgan fingerprint density at radius 2 is 1.55 bits per heavy atom. The van der Waals surface area contributed by atoms with Crippen molar-refractivity contribution in [3.63, 3.8) is 0 Å². The zero-order valence-electron chi connectivity index (χ0n) is 17.7. The summed E-state index contributed by atoms with van der Waals surface area (Å²) in [5, 5.41) is 2.49. The number of alkyl carbamates (subject to hydrolysis) is 1. The molecule has 0 unspecified atom stereocenters. The van der Waals surface area contributed by atoms with Crippen LogP contribution < -0.4 is 10.1 Å². The maximum absolute atomic E-state index is 12.6. The Bertz CT molecular complexity index is 712. The molecule has 29 heavy (non-hydrogen) atoms. The second kappa shape index (κ2) is 10.1. The molecule has 8 heteroatoms. The number of rotatable bonds is 5. The van der Waals surface area contributed by atoms with E-state index < -0.39 is 11.7 Å². The van der Waals surface area contributed by atoms with Gasteiger partial charge < -0.3 is 24.6 Å². The Balaban J connectivity index is 1.80. The molecule has 1 aromatic carbocycles. The number of carbonyl (C=O) groups excluding carboxylic acids is 3. The van der Waals surface area contributed by atoms with Crippen LogP contribution in [-0.2, 0) is 20.7 Å². The molecule has 1 fully saturated rings. The van der Waals surface area contributed by atoms with Gasteiger partial charge in [-0.05, 0) is 44.9 Å². The monoisotopic (exact) mass is 405 g/mol. The summed E-state index contributed by atoms with van der Waals surface area (Å²) < 4.78 is 10.3. The molecule has 1 aromatic rings. The van der Waals surface area contributed by atoms with Crippen molar-refractivity contribution in [3.05, 3.63) is 29.8 Å². The number of nitrogens with one attached hydrogen (secondary N) is 1. The molecule has 8 nitrogen and oxygen atoms in total. The van der Waals surface area contributed by atoms with E-state index in [9.17, 15) is 14.4 Å². The molecule has 0 saturated carbocycles. The zero-order valence-corrected chi connectivity index (χ0v) is 17.7. The van der Waals surface area contributed by atoms with E-state index in [1.165, 1.54) is 0 Å². The first kappa shape index (κ1) is 22.5. The van der Waals surface area contributed by atoms with Crippen LogP contribution in [0.1, 0.15) is 32.8 Å². The van der Waals surface area contributed by atoms with Gasteiger partial charge in [-0.1, -0.05) is 12.1 Å². The molecule has 1 heterocycles. The summed E-state index contributed by atoms with van der Waals surface area (Å²) in [4.78, 5) is 40.2. The van der Waals surface area contributed by atoms with Gasteiger partial charge in [0.1, 0.15) is 17.9 Å². The highest BCUT2D eigenvalue weighted by Crippen LogP contribution is 2.13. The van der Waals surface area contributed by atoms with E-state index in [-0.39, 0.29) is 18.4 Å². The van der Waals surface area contributed by atoms with Crippen molar-refractivity contribution in [2.24, 2.45) is 0 Å². The van der Waals surface area contributed by atoms with Gasteiger partial charge in [0.2, 0.25) is 11.8 Å². The van der Waals surface area contributed by atoms with Crippen molar-refractivity contribution < 1.29 is 23.9 Å². The molecule has 1 saturated heterocycles.